The van der Waals surface area contributed by atoms with Crippen molar-refractivity contribution in [3.63, 3.8) is 0 Å². The molecule has 1 aromatic rings. The highest BCUT2D eigenvalue weighted by atomic mass is 79.9. The Morgan fingerprint density at radius 2 is 2.27 bits per heavy atom. The molecule has 0 radical (unpaired) electrons. The molecule has 0 N–H and O–H groups in total. The largest absolute Gasteiger partial charge is 0.240 e. The van der Waals surface area contributed by atoms with E-state index in [1.54, 1.807) is 0 Å². The summed E-state index contributed by atoms with van der Waals surface area (Å²) in [5.74, 6) is 0. The number of hydrogen-bond acceptors (Lipinski definition) is 1. The van der Waals surface area contributed by atoms with Crippen LogP contribution < -0.4 is 0 Å². The molecule has 0 fully saturated rings. The fourth-order valence-corrected chi connectivity index (χ4v) is 1.94. The Kier molecular flexibility index (Phi) is 1.90. The fourth-order valence-electron chi connectivity index (χ4n) is 1.42. The molecule has 0 bridgehead atoms. The summed E-state index contributed by atoms with van der Waals surface area (Å²) in [6.45, 7) is 0. The zero-order valence-electron chi connectivity index (χ0n) is 5.90. The van der Waals surface area contributed by atoms with Crippen LogP contribution in [0.15, 0.2) is 10.5 Å². The molecule has 0 aliphatic heterocycles. The maximum atomic E-state index is 5.83. The van der Waals surface area contributed by atoms with Crippen molar-refractivity contribution in [1.82, 2.24) is 4.98 Å². The summed E-state index contributed by atoms with van der Waals surface area (Å²) in [6.07, 6.45) is 3.45. The van der Waals surface area contributed by atoms with Gasteiger partial charge in [-0.15, -0.1) is 0 Å². The minimum atomic E-state index is 0.589. The molecule has 0 saturated carbocycles. The topological polar surface area (TPSA) is 12.9 Å². The highest BCUT2D eigenvalue weighted by Crippen LogP contribution is 2.28. The second-order valence-electron chi connectivity index (χ2n) is 2.72. The van der Waals surface area contributed by atoms with E-state index in [1.165, 1.54) is 17.7 Å². The van der Waals surface area contributed by atoms with Crippen molar-refractivity contribution in [3.8, 4) is 0 Å². The van der Waals surface area contributed by atoms with Gasteiger partial charge in [0.05, 0.1) is 4.47 Å². The lowest BCUT2D eigenvalue weighted by atomic mass is 10.2. The molecule has 0 amide bonds. The standard InChI is InChI=1S/C8H7BrClN/c9-6-4-5-2-1-3-7(5)11-8(6)10/h4H,1-3H2. The van der Waals surface area contributed by atoms with E-state index in [4.69, 9.17) is 11.6 Å². The fraction of sp³-hybridized carbons (Fsp3) is 0.375. The molecule has 1 aromatic heterocycles. The van der Waals surface area contributed by atoms with E-state index >= 15 is 0 Å². The number of fused-ring (bicyclic) bond motifs is 1. The number of rotatable bonds is 0. The van der Waals surface area contributed by atoms with Gasteiger partial charge >= 0.3 is 0 Å². The van der Waals surface area contributed by atoms with Gasteiger partial charge in [-0.3, -0.25) is 0 Å². The van der Waals surface area contributed by atoms with Gasteiger partial charge in [0.15, 0.2) is 0 Å². The lowest BCUT2D eigenvalue weighted by Gasteiger charge is -1.99. The van der Waals surface area contributed by atoms with E-state index < -0.39 is 0 Å². The Labute approximate surface area is 78.9 Å². The zero-order chi connectivity index (χ0) is 7.84. The van der Waals surface area contributed by atoms with E-state index in [1.807, 2.05) is 0 Å². The van der Waals surface area contributed by atoms with Crippen LogP contribution in [0.4, 0.5) is 0 Å². The number of pyridine rings is 1. The second kappa shape index (κ2) is 2.76. The number of aromatic nitrogens is 1. The molecule has 2 rings (SSSR count). The quantitative estimate of drug-likeness (QED) is 0.627. The van der Waals surface area contributed by atoms with E-state index in [-0.39, 0.29) is 0 Å². The Hall–Kier alpha value is -0.0800. The Morgan fingerprint density at radius 3 is 3.09 bits per heavy atom. The molecule has 1 heterocycles. The molecule has 0 unspecified atom stereocenters. The maximum absolute atomic E-state index is 5.83. The highest BCUT2D eigenvalue weighted by Gasteiger charge is 2.13. The van der Waals surface area contributed by atoms with Gasteiger partial charge in [0.25, 0.3) is 0 Å². The summed E-state index contributed by atoms with van der Waals surface area (Å²) in [5.41, 5.74) is 2.53. The van der Waals surface area contributed by atoms with Crippen molar-refractivity contribution in [3.05, 3.63) is 26.9 Å². The average molecular weight is 233 g/mol. The van der Waals surface area contributed by atoms with Crippen LogP contribution in [0.2, 0.25) is 5.15 Å². The van der Waals surface area contributed by atoms with Crippen molar-refractivity contribution in [2.75, 3.05) is 0 Å². The minimum Gasteiger partial charge on any atom is -0.240 e. The summed E-state index contributed by atoms with van der Waals surface area (Å²) in [5, 5.41) is 0.589. The summed E-state index contributed by atoms with van der Waals surface area (Å²) in [7, 11) is 0. The molecule has 0 saturated heterocycles. The van der Waals surface area contributed by atoms with Gasteiger partial charge in [0.1, 0.15) is 5.15 Å². The average Bonchev–Trinajstić information content (AvgIpc) is 2.36. The van der Waals surface area contributed by atoms with Gasteiger partial charge in [-0.05, 0) is 46.8 Å². The van der Waals surface area contributed by atoms with Crippen molar-refractivity contribution in [2.45, 2.75) is 19.3 Å². The van der Waals surface area contributed by atoms with Crippen LogP contribution >= 0.6 is 27.5 Å². The van der Waals surface area contributed by atoms with Crippen molar-refractivity contribution in [1.29, 1.82) is 0 Å². The molecule has 0 spiro atoms. The van der Waals surface area contributed by atoms with E-state index in [0.717, 1.165) is 17.3 Å². The summed E-state index contributed by atoms with van der Waals surface area (Å²) >= 11 is 9.19. The number of halogens is 2. The van der Waals surface area contributed by atoms with Gasteiger partial charge < -0.3 is 0 Å². The molecular weight excluding hydrogens is 225 g/mol. The van der Waals surface area contributed by atoms with Gasteiger partial charge in [-0.2, -0.15) is 0 Å². The van der Waals surface area contributed by atoms with Gasteiger partial charge in [0, 0.05) is 5.69 Å². The first-order chi connectivity index (χ1) is 5.27. The number of aryl methyl sites for hydroxylation is 2. The van der Waals surface area contributed by atoms with Gasteiger partial charge in [-0.25, -0.2) is 4.98 Å². The first kappa shape index (κ1) is 7.56. The maximum Gasteiger partial charge on any atom is 0.143 e. The van der Waals surface area contributed by atoms with Crippen molar-refractivity contribution < 1.29 is 0 Å². The smallest absolute Gasteiger partial charge is 0.143 e. The lowest BCUT2D eigenvalue weighted by molar-refractivity contribution is 0.899. The Morgan fingerprint density at radius 1 is 1.45 bits per heavy atom. The SMILES string of the molecule is Clc1nc2c(cc1Br)CCC2. The molecule has 11 heavy (non-hydrogen) atoms. The Bertz CT molecular complexity index is 269. The van der Waals surface area contributed by atoms with Crippen LogP contribution in [0.5, 0.6) is 0 Å². The summed E-state index contributed by atoms with van der Waals surface area (Å²) in [6, 6.07) is 2.08. The third-order valence-corrected chi connectivity index (χ3v) is 3.08. The minimum absolute atomic E-state index is 0.589. The van der Waals surface area contributed by atoms with Gasteiger partial charge in [-0.1, -0.05) is 11.6 Å². The molecular formula is C8H7BrClN. The predicted octanol–water partition coefficient (Wildman–Crippen LogP) is 2.99. The van der Waals surface area contributed by atoms with Gasteiger partial charge in [0.2, 0.25) is 0 Å². The third-order valence-electron chi connectivity index (χ3n) is 1.96. The van der Waals surface area contributed by atoms with E-state index in [2.05, 4.69) is 27.0 Å². The first-order valence-electron chi connectivity index (χ1n) is 3.61. The number of hydrogen-bond donors (Lipinski definition) is 0. The van der Waals surface area contributed by atoms with Crippen LogP contribution in [0.1, 0.15) is 17.7 Å². The van der Waals surface area contributed by atoms with Crippen LogP contribution in [0, 0.1) is 0 Å². The lowest BCUT2D eigenvalue weighted by Crippen LogP contribution is -1.88. The molecule has 3 heteroatoms. The zero-order valence-corrected chi connectivity index (χ0v) is 8.24. The molecule has 1 nitrogen and oxygen atoms in total. The van der Waals surface area contributed by atoms with E-state index in [0.29, 0.717) is 5.15 Å². The molecule has 58 valence electrons. The Balaban J connectivity index is 2.57. The molecule has 1 aliphatic carbocycles. The summed E-state index contributed by atoms with van der Waals surface area (Å²) < 4.78 is 0.916. The van der Waals surface area contributed by atoms with Crippen molar-refractivity contribution in [2.24, 2.45) is 0 Å². The van der Waals surface area contributed by atoms with Crippen LogP contribution in [0.25, 0.3) is 0 Å². The third kappa shape index (κ3) is 1.30. The monoisotopic (exact) mass is 231 g/mol. The summed E-state index contributed by atoms with van der Waals surface area (Å²) in [4.78, 5) is 4.27. The molecule has 0 aromatic carbocycles. The second-order valence-corrected chi connectivity index (χ2v) is 3.93. The van der Waals surface area contributed by atoms with Crippen LogP contribution in [-0.2, 0) is 12.8 Å². The number of nitrogens with zero attached hydrogens (tertiary/aromatic N) is 1. The predicted molar refractivity (Wildman–Crippen MR) is 49.0 cm³/mol. The van der Waals surface area contributed by atoms with E-state index in [9.17, 15) is 0 Å². The molecule has 1 aliphatic rings. The normalized spacial score (nSPS) is 15.1. The first-order valence-corrected chi connectivity index (χ1v) is 4.78. The van der Waals surface area contributed by atoms with Crippen LogP contribution in [-0.4, -0.2) is 4.98 Å². The van der Waals surface area contributed by atoms with Crippen molar-refractivity contribution >= 4 is 27.5 Å². The van der Waals surface area contributed by atoms with Crippen LogP contribution in [0.3, 0.4) is 0 Å². The molecule has 0 atom stereocenters. The highest BCUT2D eigenvalue weighted by molar-refractivity contribution is 9.10.